The highest BCUT2D eigenvalue weighted by Crippen LogP contribution is 2.22. The van der Waals surface area contributed by atoms with Crippen LogP contribution in [0.25, 0.3) is 0 Å². The molecule has 0 unspecified atom stereocenters. The van der Waals surface area contributed by atoms with Gasteiger partial charge in [-0.1, -0.05) is 6.07 Å². The highest BCUT2D eigenvalue weighted by molar-refractivity contribution is 9.10. The van der Waals surface area contributed by atoms with Crippen molar-refractivity contribution in [2.45, 2.75) is 6.92 Å². The molecule has 98 valence electrons. The number of nitrogens with one attached hydrogen (secondary N) is 1. The standard InChI is InChI=1S/C14H12BrFN2O/c1-8-11(16)3-2-4-13(8)18-14(19)9-5-6-12(17)10(15)7-9/h2-7H,17H2,1H3,(H,18,19). The summed E-state index contributed by atoms with van der Waals surface area (Å²) in [7, 11) is 0. The number of nitrogen functional groups attached to an aromatic ring is 1. The molecular weight excluding hydrogens is 311 g/mol. The molecule has 2 aromatic rings. The number of hydrogen-bond donors (Lipinski definition) is 2. The summed E-state index contributed by atoms with van der Waals surface area (Å²) in [5.41, 5.74) is 7.52. The Labute approximate surface area is 118 Å². The quantitative estimate of drug-likeness (QED) is 0.828. The lowest BCUT2D eigenvalue weighted by atomic mass is 10.1. The van der Waals surface area contributed by atoms with Crippen LogP contribution in [0, 0.1) is 12.7 Å². The summed E-state index contributed by atoms with van der Waals surface area (Å²) in [5, 5.41) is 2.67. The molecule has 19 heavy (non-hydrogen) atoms. The van der Waals surface area contributed by atoms with Crippen molar-refractivity contribution in [1.29, 1.82) is 0 Å². The van der Waals surface area contributed by atoms with E-state index in [1.165, 1.54) is 6.07 Å². The third kappa shape index (κ3) is 2.93. The Morgan fingerprint density at radius 3 is 2.74 bits per heavy atom. The minimum Gasteiger partial charge on any atom is -0.398 e. The molecule has 0 aliphatic carbocycles. The number of hydrogen-bond acceptors (Lipinski definition) is 2. The Hall–Kier alpha value is -1.88. The number of carbonyl (C=O) groups excluding carboxylic acids is 1. The first-order valence-corrected chi connectivity index (χ1v) is 6.40. The van der Waals surface area contributed by atoms with Gasteiger partial charge in [0.2, 0.25) is 0 Å². The van der Waals surface area contributed by atoms with Crippen LogP contribution in [0.15, 0.2) is 40.9 Å². The van der Waals surface area contributed by atoms with Crippen LogP contribution in [0.5, 0.6) is 0 Å². The largest absolute Gasteiger partial charge is 0.398 e. The predicted molar refractivity (Wildman–Crippen MR) is 77.6 cm³/mol. The van der Waals surface area contributed by atoms with Crippen LogP contribution in [0.2, 0.25) is 0 Å². The normalized spacial score (nSPS) is 10.3. The number of benzene rings is 2. The fourth-order valence-electron chi connectivity index (χ4n) is 1.61. The van der Waals surface area contributed by atoms with E-state index in [9.17, 15) is 9.18 Å². The summed E-state index contributed by atoms with van der Waals surface area (Å²) in [5.74, 6) is -0.661. The Balaban J connectivity index is 2.26. The van der Waals surface area contributed by atoms with Gasteiger partial charge in [0.15, 0.2) is 0 Å². The number of carbonyl (C=O) groups is 1. The van der Waals surface area contributed by atoms with Crippen LogP contribution in [0.1, 0.15) is 15.9 Å². The van der Waals surface area contributed by atoms with Crippen LogP contribution in [0.3, 0.4) is 0 Å². The van der Waals surface area contributed by atoms with Crippen LogP contribution in [0.4, 0.5) is 15.8 Å². The van der Waals surface area contributed by atoms with Crippen molar-refractivity contribution < 1.29 is 9.18 Å². The van der Waals surface area contributed by atoms with Crippen molar-refractivity contribution in [3.63, 3.8) is 0 Å². The van der Waals surface area contributed by atoms with Gasteiger partial charge in [0.1, 0.15) is 5.82 Å². The number of halogens is 2. The summed E-state index contributed by atoms with van der Waals surface area (Å²) in [6.45, 7) is 1.61. The molecule has 0 saturated heterocycles. The third-order valence-corrected chi connectivity index (χ3v) is 3.47. The summed E-state index contributed by atoms with van der Waals surface area (Å²) >= 11 is 3.26. The number of rotatable bonds is 2. The van der Waals surface area contributed by atoms with Gasteiger partial charge in [-0.3, -0.25) is 4.79 Å². The molecule has 0 spiro atoms. The van der Waals surface area contributed by atoms with Crippen molar-refractivity contribution in [3.8, 4) is 0 Å². The number of nitrogens with two attached hydrogens (primary N) is 1. The SMILES string of the molecule is Cc1c(F)cccc1NC(=O)c1ccc(N)c(Br)c1. The van der Waals surface area contributed by atoms with Gasteiger partial charge in [0.25, 0.3) is 5.91 Å². The fourth-order valence-corrected chi connectivity index (χ4v) is 1.98. The summed E-state index contributed by atoms with van der Waals surface area (Å²) < 4.78 is 14.0. The Bertz CT molecular complexity index is 643. The molecule has 5 heteroatoms. The molecule has 1 amide bonds. The molecule has 0 heterocycles. The molecule has 2 aromatic carbocycles. The summed E-state index contributed by atoms with van der Waals surface area (Å²) in [6, 6.07) is 9.44. The maximum atomic E-state index is 13.4. The molecule has 3 N–H and O–H groups in total. The van der Waals surface area contributed by atoms with E-state index in [1.54, 1.807) is 37.3 Å². The number of anilines is 2. The smallest absolute Gasteiger partial charge is 0.255 e. The van der Waals surface area contributed by atoms with E-state index in [0.29, 0.717) is 27.0 Å². The predicted octanol–water partition coefficient (Wildman–Crippen LogP) is 3.73. The lowest BCUT2D eigenvalue weighted by Gasteiger charge is -2.09. The van der Waals surface area contributed by atoms with Crippen molar-refractivity contribution >= 4 is 33.2 Å². The van der Waals surface area contributed by atoms with Crippen LogP contribution < -0.4 is 11.1 Å². The average molecular weight is 323 g/mol. The molecule has 3 nitrogen and oxygen atoms in total. The molecule has 2 rings (SSSR count). The first-order chi connectivity index (χ1) is 8.99. The Morgan fingerprint density at radius 2 is 2.05 bits per heavy atom. The zero-order valence-electron chi connectivity index (χ0n) is 10.2. The minimum atomic E-state index is -0.351. The zero-order chi connectivity index (χ0) is 14.0. The maximum Gasteiger partial charge on any atom is 0.255 e. The highest BCUT2D eigenvalue weighted by atomic mass is 79.9. The van der Waals surface area contributed by atoms with Gasteiger partial charge in [-0.05, 0) is 53.2 Å². The Morgan fingerprint density at radius 1 is 1.32 bits per heavy atom. The second kappa shape index (κ2) is 5.40. The van der Waals surface area contributed by atoms with Crippen LogP contribution >= 0.6 is 15.9 Å². The van der Waals surface area contributed by atoms with E-state index < -0.39 is 0 Å². The van der Waals surface area contributed by atoms with Crippen LogP contribution in [-0.2, 0) is 0 Å². The first kappa shape index (κ1) is 13.5. The summed E-state index contributed by atoms with van der Waals surface area (Å²) in [6.07, 6.45) is 0. The topological polar surface area (TPSA) is 55.1 Å². The van der Waals surface area contributed by atoms with Crippen molar-refractivity contribution in [2.24, 2.45) is 0 Å². The van der Waals surface area contributed by atoms with Gasteiger partial charge in [-0.25, -0.2) is 4.39 Å². The summed E-state index contributed by atoms with van der Waals surface area (Å²) in [4.78, 5) is 12.0. The second-order valence-electron chi connectivity index (χ2n) is 4.10. The van der Waals surface area contributed by atoms with Crippen LogP contribution in [-0.4, -0.2) is 5.91 Å². The maximum absolute atomic E-state index is 13.4. The van der Waals surface area contributed by atoms with Crippen molar-refractivity contribution in [2.75, 3.05) is 11.1 Å². The minimum absolute atomic E-state index is 0.311. The molecule has 0 atom stereocenters. The zero-order valence-corrected chi connectivity index (χ0v) is 11.8. The molecule has 0 aliphatic heterocycles. The Kier molecular flexibility index (Phi) is 3.85. The molecule has 0 fully saturated rings. The molecule has 0 radical (unpaired) electrons. The molecular formula is C14H12BrFN2O. The molecule has 0 bridgehead atoms. The van der Waals surface area contributed by atoms with Gasteiger partial charge < -0.3 is 11.1 Å². The van der Waals surface area contributed by atoms with Gasteiger partial charge in [-0.2, -0.15) is 0 Å². The second-order valence-corrected chi connectivity index (χ2v) is 4.96. The van der Waals surface area contributed by atoms with Gasteiger partial charge >= 0.3 is 0 Å². The molecule has 0 aromatic heterocycles. The molecule has 0 saturated carbocycles. The van der Waals surface area contributed by atoms with Crippen molar-refractivity contribution in [3.05, 3.63) is 57.8 Å². The first-order valence-electron chi connectivity index (χ1n) is 5.60. The van der Waals surface area contributed by atoms with E-state index in [0.717, 1.165) is 0 Å². The molecule has 0 aliphatic rings. The lowest BCUT2D eigenvalue weighted by molar-refractivity contribution is 0.102. The van der Waals surface area contributed by atoms with E-state index in [1.807, 2.05) is 0 Å². The average Bonchev–Trinajstić information content (AvgIpc) is 2.38. The monoisotopic (exact) mass is 322 g/mol. The fraction of sp³-hybridized carbons (Fsp3) is 0.0714. The highest BCUT2D eigenvalue weighted by Gasteiger charge is 2.10. The van der Waals surface area contributed by atoms with E-state index >= 15 is 0 Å². The number of amides is 1. The lowest BCUT2D eigenvalue weighted by Crippen LogP contribution is -2.13. The van der Waals surface area contributed by atoms with Gasteiger partial charge in [0.05, 0.1) is 0 Å². The van der Waals surface area contributed by atoms with E-state index in [-0.39, 0.29) is 11.7 Å². The van der Waals surface area contributed by atoms with Gasteiger partial charge in [0, 0.05) is 27.0 Å². The van der Waals surface area contributed by atoms with Gasteiger partial charge in [-0.15, -0.1) is 0 Å². The third-order valence-electron chi connectivity index (χ3n) is 2.78. The van der Waals surface area contributed by atoms with Crippen molar-refractivity contribution in [1.82, 2.24) is 0 Å². The van der Waals surface area contributed by atoms with E-state index in [4.69, 9.17) is 5.73 Å². The van der Waals surface area contributed by atoms with E-state index in [2.05, 4.69) is 21.2 Å².